The van der Waals surface area contributed by atoms with Crippen molar-refractivity contribution < 1.29 is 9.53 Å². The summed E-state index contributed by atoms with van der Waals surface area (Å²) in [6.45, 7) is 2.02. The van der Waals surface area contributed by atoms with E-state index in [-0.39, 0.29) is 17.6 Å². The van der Waals surface area contributed by atoms with Crippen LogP contribution in [-0.2, 0) is 23.6 Å². The quantitative estimate of drug-likeness (QED) is 0.849. The van der Waals surface area contributed by atoms with Gasteiger partial charge >= 0.3 is 5.69 Å². The molecule has 0 bridgehead atoms. The highest BCUT2D eigenvalue weighted by Gasteiger charge is 2.17. The maximum absolute atomic E-state index is 12.1. The van der Waals surface area contributed by atoms with Crippen molar-refractivity contribution in [3.05, 3.63) is 28.7 Å². The number of ether oxygens (including phenoxy) is 1. The molecule has 0 aliphatic carbocycles. The fourth-order valence-corrected chi connectivity index (χ4v) is 2.77. The zero-order chi connectivity index (χ0) is 15.7. The van der Waals surface area contributed by atoms with Crippen LogP contribution in [0.5, 0.6) is 0 Å². The van der Waals surface area contributed by atoms with E-state index in [1.54, 1.807) is 23.2 Å². The summed E-state index contributed by atoms with van der Waals surface area (Å²) < 4.78 is 8.50. The van der Waals surface area contributed by atoms with Gasteiger partial charge in [0.25, 0.3) is 0 Å². The predicted octanol–water partition coefficient (Wildman–Crippen LogP) is 0.194. The SMILES string of the molecule is Cn1c(=O)n(C)c2cc(NC(=O)CC3COCCN3)ccc21. The van der Waals surface area contributed by atoms with Gasteiger partial charge in [-0.1, -0.05) is 0 Å². The smallest absolute Gasteiger partial charge is 0.328 e. The summed E-state index contributed by atoms with van der Waals surface area (Å²) in [5.41, 5.74) is 2.25. The Bertz CT molecular complexity index is 756. The van der Waals surface area contributed by atoms with E-state index in [0.717, 1.165) is 17.6 Å². The molecule has 0 radical (unpaired) electrons. The van der Waals surface area contributed by atoms with E-state index in [1.807, 2.05) is 18.2 Å². The average molecular weight is 304 g/mol. The van der Waals surface area contributed by atoms with Crippen LogP contribution in [0.15, 0.2) is 23.0 Å². The van der Waals surface area contributed by atoms with E-state index in [9.17, 15) is 9.59 Å². The van der Waals surface area contributed by atoms with E-state index >= 15 is 0 Å². The summed E-state index contributed by atoms with van der Waals surface area (Å²) >= 11 is 0. The van der Waals surface area contributed by atoms with E-state index < -0.39 is 0 Å². The monoisotopic (exact) mass is 304 g/mol. The van der Waals surface area contributed by atoms with Gasteiger partial charge in [-0.2, -0.15) is 0 Å². The van der Waals surface area contributed by atoms with Crippen LogP contribution < -0.4 is 16.3 Å². The third kappa shape index (κ3) is 2.77. The molecule has 1 aromatic heterocycles. The Labute approximate surface area is 127 Å². The van der Waals surface area contributed by atoms with Crippen molar-refractivity contribution in [1.29, 1.82) is 0 Å². The zero-order valence-electron chi connectivity index (χ0n) is 12.8. The molecular weight excluding hydrogens is 284 g/mol. The molecule has 1 aliphatic heterocycles. The molecule has 1 amide bonds. The van der Waals surface area contributed by atoms with Gasteiger partial charge < -0.3 is 15.4 Å². The lowest BCUT2D eigenvalue weighted by atomic mass is 10.2. The van der Waals surface area contributed by atoms with Crippen LogP contribution in [0.2, 0.25) is 0 Å². The number of anilines is 1. The Morgan fingerprint density at radius 2 is 2.14 bits per heavy atom. The molecule has 118 valence electrons. The normalized spacial score (nSPS) is 18.5. The van der Waals surface area contributed by atoms with Crippen LogP contribution >= 0.6 is 0 Å². The van der Waals surface area contributed by atoms with Gasteiger partial charge in [-0.3, -0.25) is 13.9 Å². The molecule has 3 rings (SSSR count). The van der Waals surface area contributed by atoms with E-state index in [1.165, 1.54) is 0 Å². The number of amides is 1. The maximum Gasteiger partial charge on any atom is 0.328 e. The predicted molar refractivity (Wildman–Crippen MR) is 84.0 cm³/mol. The molecule has 1 unspecified atom stereocenters. The molecule has 2 heterocycles. The van der Waals surface area contributed by atoms with Crippen molar-refractivity contribution in [3.8, 4) is 0 Å². The van der Waals surface area contributed by atoms with Gasteiger partial charge in [0.1, 0.15) is 0 Å². The first-order valence-electron chi connectivity index (χ1n) is 7.32. The fraction of sp³-hybridized carbons (Fsp3) is 0.467. The Morgan fingerprint density at radius 3 is 2.86 bits per heavy atom. The lowest BCUT2D eigenvalue weighted by Gasteiger charge is -2.23. The van der Waals surface area contributed by atoms with E-state index in [0.29, 0.717) is 25.3 Å². The number of hydrogen-bond acceptors (Lipinski definition) is 4. The number of aryl methyl sites for hydroxylation is 2. The molecule has 1 aromatic carbocycles. The first-order valence-corrected chi connectivity index (χ1v) is 7.32. The van der Waals surface area contributed by atoms with Crippen LogP contribution in [0.3, 0.4) is 0 Å². The van der Waals surface area contributed by atoms with Crippen molar-refractivity contribution in [2.24, 2.45) is 14.1 Å². The van der Waals surface area contributed by atoms with Gasteiger partial charge in [0.15, 0.2) is 0 Å². The molecule has 0 spiro atoms. The first kappa shape index (κ1) is 14.8. The zero-order valence-corrected chi connectivity index (χ0v) is 12.8. The van der Waals surface area contributed by atoms with Crippen LogP contribution in [0.4, 0.5) is 5.69 Å². The van der Waals surface area contributed by atoms with Gasteiger partial charge in [-0.25, -0.2) is 4.79 Å². The number of carbonyl (C=O) groups excluding carboxylic acids is 1. The number of rotatable bonds is 3. The molecule has 7 heteroatoms. The number of nitrogens with one attached hydrogen (secondary N) is 2. The average Bonchev–Trinajstić information content (AvgIpc) is 2.73. The summed E-state index contributed by atoms with van der Waals surface area (Å²) in [7, 11) is 3.46. The summed E-state index contributed by atoms with van der Waals surface area (Å²) in [4.78, 5) is 24.0. The summed E-state index contributed by atoms with van der Waals surface area (Å²) in [5.74, 6) is -0.0664. The maximum atomic E-state index is 12.1. The molecule has 1 atom stereocenters. The number of imidazole rings is 1. The lowest BCUT2D eigenvalue weighted by molar-refractivity contribution is -0.117. The molecular formula is C15H20N4O3. The second kappa shape index (κ2) is 5.94. The number of hydrogen-bond donors (Lipinski definition) is 2. The highest BCUT2D eigenvalue weighted by Crippen LogP contribution is 2.18. The van der Waals surface area contributed by atoms with Crippen LogP contribution in [0.1, 0.15) is 6.42 Å². The Kier molecular flexibility index (Phi) is 4.00. The minimum absolute atomic E-state index is 0.0542. The minimum Gasteiger partial charge on any atom is -0.378 e. The topological polar surface area (TPSA) is 77.3 Å². The second-order valence-electron chi connectivity index (χ2n) is 5.58. The van der Waals surface area contributed by atoms with Crippen LogP contribution in [0.25, 0.3) is 11.0 Å². The van der Waals surface area contributed by atoms with E-state index in [2.05, 4.69) is 10.6 Å². The summed E-state index contributed by atoms with van der Waals surface area (Å²) in [5, 5.41) is 6.13. The molecule has 1 fully saturated rings. The number of benzene rings is 1. The van der Waals surface area contributed by atoms with E-state index in [4.69, 9.17) is 4.74 Å². The van der Waals surface area contributed by atoms with Crippen molar-refractivity contribution >= 4 is 22.6 Å². The van der Waals surface area contributed by atoms with Crippen molar-refractivity contribution in [3.63, 3.8) is 0 Å². The Morgan fingerprint density at radius 1 is 1.36 bits per heavy atom. The molecule has 1 saturated heterocycles. The third-order valence-electron chi connectivity index (χ3n) is 3.99. The molecule has 1 aliphatic rings. The molecule has 7 nitrogen and oxygen atoms in total. The van der Waals surface area contributed by atoms with Gasteiger partial charge in [0.05, 0.1) is 24.2 Å². The largest absolute Gasteiger partial charge is 0.378 e. The van der Waals surface area contributed by atoms with Crippen molar-refractivity contribution in [1.82, 2.24) is 14.5 Å². The lowest BCUT2D eigenvalue weighted by Crippen LogP contribution is -2.43. The van der Waals surface area contributed by atoms with Gasteiger partial charge in [-0.05, 0) is 18.2 Å². The number of aromatic nitrogens is 2. The van der Waals surface area contributed by atoms with Crippen molar-refractivity contribution in [2.45, 2.75) is 12.5 Å². The number of carbonyl (C=O) groups is 1. The van der Waals surface area contributed by atoms with Gasteiger partial charge in [0, 0.05) is 38.8 Å². The van der Waals surface area contributed by atoms with Gasteiger partial charge in [0.2, 0.25) is 5.91 Å². The summed E-state index contributed by atoms with van der Waals surface area (Å²) in [6, 6.07) is 5.52. The number of fused-ring (bicyclic) bond motifs is 1. The molecule has 0 saturated carbocycles. The highest BCUT2D eigenvalue weighted by atomic mass is 16.5. The fourth-order valence-electron chi connectivity index (χ4n) is 2.77. The Hall–Kier alpha value is -2.12. The van der Waals surface area contributed by atoms with Gasteiger partial charge in [-0.15, -0.1) is 0 Å². The molecule has 22 heavy (non-hydrogen) atoms. The first-order chi connectivity index (χ1) is 10.6. The molecule has 2 N–H and O–H groups in total. The second-order valence-corrected chi connectivity index (χ2v) is 5.58. The molecule has 2 aromatic rings. The van der Waals surface area contributed by atoms with Crippen LogP contribution in [0, 0.1) is 0 Å². The van der Waals surface area contributed by atoms with Crippen LogP contribution in [-0.4, -0.2) is 40.8 Å². The highest BCUT2D eigenvalue weighted by molar-refractivity contribution is 5.93. The number of nitrogens with zero attached hydrogens (tertiary/aromatic N) is 2. The summed E-state index contributed by atoms with van der Waals surface area (Å²) in [6.07, 6.45) is 0.367. The third-order valence-corrected chi connectivity index (χ3v) is 3.99. The standard InChI is InChI=1S/C15H20N4O3/c1-18-12-4-3-10(7-13(12)19(2)15(18)21)17-14(20)8-11-9-22-6-5-16-11/h3-4,7,11,16H,5-6,8-9H2,1-2H3,(H,17,20). The van der Waals surface area contributed by atoms with Crippen molar-refractivity contribution in [2.75, 3.05) is 25.1 Å². The minimum atomic E-state index is -0.0815. The number of morpholine rings is 1. The Balaban J connectivity index is 1.74.